The molecule has 29 heavy (non-hydrogen) atoms. The summed E-state index contributed by atoms with van der Waals surface area (Å²) in [7, 11) is 0. The van der Waals surface area contributed by atoms with Crippen LogP contribution in [0.15, 0.2) is 28.8 Å². The Bertz CT molecular complexity index is 908. The average Bonchev–Trinajstić information content (AvgIpc) is 3.25. The summed E-state index contributed by atoms with van der Waals surface area (Å²) in [4.78, 5) is 26.5. The van der Waals surface area contributed by atoms with Gasteiger partial charge in [0.1, 0.15) is 11.3 Å². The molecule has 0 spiro atoms. The quantitative estimate of drug-likeness (QED) is 0.790. The van der Waals surface area contributed by atoms with Gasteiger partial charge in [0.05, 0.1) is 17.3 Å². The average molecular weight is 409 g/mol. The highest BCUT2D eigenvalue weighted by Crippen LogP contribution is 2.31. The van der Waals surface area contributed by atoms with Crippen LogP contribution in [0.4, 0.5) is 13.2 Å². The molecule has 0 aliphatic carbocycles. The third-order valence-corrected chi connectivity index (χ3v) is 4.99. The van der Waals surface area contributed by atoms with E-state index in [0.29, 0.717) is 37.3 Å². The van der Waals surface area contributed by atoms with E-state index in [0.717, 1.165) is 12.1 Å². The molecule has 1 N–H and O–H groups in total. The molecule has 6 nitrogen and oxygen atoms in total. The molecule has 9 heteroatoms. The molecule has 1 saturated heterocycles. The first kappa shape index (κ1) is 20.9. The number of halogens is 3. The number of nitrogens with zero attached hydrogens (tertiary/aromatic N) is 2. The van der Waals surface area contributed by atoms with Crippen LogP contribution in [0.25, 0.3) is 0 Å². The minimum atomic E-state index is -4.51. The Hall–Kier alpha value is -2.84. The second kappa shape index (κ2) is 8.26. The highest BCUT2D eigenvalue weighted by atomic mass is 19.4. The normalized spacial score (nSPS) is 15.6. The Morgan fingerprint density at radius 3 is 2.76 bits per heavy atom. The van der Waals surface area contributed by atoms with E-state index in [1.807, 2.05) is 6.92 Å². The first-order valence-corrected chi connectivity index (χ1v) is 9.41. The second-order valence-electron chi connectivity index (χ2n) is 7.01. The van der Waals surface area contributed by atoms with Crippen molar-refractivity contribution in [1.82, 2.24) is 15.4 Å². The van der Waals surface area contributed by atoms with E-state index in [9.17, 15) is 22.8 Å². The lowest BCUT2D eigenvalue weighted by Gasteiger charge is -2.26. The monoisotopic (exact) mass is 409 g/mol. The van der Waals surface area contributed by atoms with Crippen molar-refractivity contribution in [1.29, 1.82) is 0 Å². The van der Waals surface area contributed by atoms with Crippen molar-refractivity contribution < 1.29 is 27.3 Å². The van der Waals surface area contributed by atoms with Crippen LogP contribution in [0.3, 0.4) is 0 Å². The Morgan fingerprint density at radius 2 is 2.14 bits per heavy atom. The van der Waals surface area contributed by atoms with Crippen LogP contribution in [-0.4, -0.2) is 35.0 Å². The van der Waals surface area contributed by atoms with Crippen molar-refractivity contribution in [2.24, 2.45) is 0 Å². The fourth-order valence-electron chi connectivity index (χ4n) is 3.46. The number of amides is 2. The molecule has 2 aromatic rings. The molecule has 1 atom stereocenters. The van der Waals surface area contributed by atoms with E-state index < -0.39 is 23.7 Å². The molecule has 1 aromatic carbocycles. The molecule has 1 unspecified atom stereocenters. The molecule has 2 amide bonds. The predicted molar refractivity (Wildman–Crippen MR) is 98.1 cm³/mol. The minimum absolute atomic E-state index is 0.0772. The molecule has 3 rings (SSSR count). The smallest absolute Gasteiger partial charge is 0.361 e. The standard InChI is InChI=1S/C20H22F3N3O3/c1-3-15-18(12(2)29-25-15)19(28)24-16(11-26-9-5-8-17(26)27)13-6-4-7-14(10-13)20(21,22)23/h4,6-7,10,16H,3,5,8-9,11H2,1-2H3,(H,24,28). The first-order chi connectivity index (χ1) is 13.7. The molecule has 1 fully saturated rings. The van der Waals surface area contributed by atoms with E-state index in [1.54, 1.807) is 11.8 Å². The van der Waals surface area contributed by atoms with Gasteiger partial charge in [-0.1, -0.05) is 24.2 Å². The van der Waals surface area contributed by atoms with Crippen molar-refractivity contribution in [3.05, 3.63) is 52.4 Å². The number of hydrogen-bond donors (Lipinski definition) is 1. The number of carbonyl (C=O) groups excluding carboxylic acids is 2. The van der Waals surface area contributed by atoms with Gasteiger partial charge < -0.3 is 14.7 Å². The molecule has 1 aromatic heterocycles. The van der Waals surface area contributed by atoms with Crippen molar-refractivity contribution >= 4 is 11.8 Å². The van der Waals surface area contributed by atoms with Crippen LogP contribution in [0.1, 0.15) is 58.7 Å². The molecule has 2 heterocycles. The third kappa shape index (κ3) is 4.60. The first-order valence-electron chi connectivity index (χ1n) is 9.41. The van der Waals surface area contributed by atoms with E-state index >= 15 is 0 Å². The van der Waals surface area contributed by atoms with Gasteiger partial charge in [-0.2, -0.15) is 13.2 Å². The summed E-state index contributed by atoms with van der Waals surface area (Å²) in [6.45, 7) is 4.03. The zero-order valence-electron chi connectivity index (χ0n) is 16.2. The predicted octanol–water partition coefficient (Wildman–Crippen LogP) is 3.66. The van der Waals surface area contributed by atoms with E-state index in [2.05, 4.69) is 10.5 Å². The number of carbonyl (C=O) groups is 2. The Morgan fingerprint density at radius 1 is 1.38 bits per heavy atom. The van der Waals surface area contributed by atoms with E-state index in [1.165, 1.54) is 12.1 Å². The molecular weight excluding hydrogens is 387 g/mol. The lowest BCUT2D eigenvalue weighted by Crippen LogP contribution is -2.39. The number of likely N-dealkylation sites (tertiary alicyclic amines) is 1. The number of aryl methyl sites for hydroxylation is 2. The highest BCUT2D eigenvalue weighted by Gasteiger charge is 2.32. The van der Waals surface area contributed by atoms with Crippen molar-refractivity contribution in [2.45, 2.75) is 45.3 Å². The van der Waals surface area contributed by atoms with Gasteiger partial charge in [0.25, 0.3) is 5.91 Å². The zero-order valence-corrected chi connectivity index (χ0v) is 16.2. The van der Waals surface area contributed by atoms with Crippen LogP contribution in [0.2, 0.25) is 0 Å². The number of alkyl halides is 3. The lowest BCUT2D eigenvalue weighted by atomic mass is 10.0. The molecule has 0 bridgehead atoms. The van der Waals surface area contributed by atoms with Gasteiger partial charge in [-0.25, -0.2) is 0 Å². The van der Waals surface area contributed by atoms with Crippen LogP contribution in [0.5, 0.6) is 0 Å². The summed E-state index contributed by atoms with van der Waals surface area (Å²) in [5, 5.41) is 6.63. The van der Waals surface area contributed by atoms with Crippen LogP contribution in [-0.2, 0) is 17.4 Å². The van der Waals surface area contributed by atoms with Crippen LogP contribution < -0.4 is 5.32 Å². The summed E-state index contributed by atoms with van der Waals surface area (Å²) < 4.78 is 44.6. The summed E-state index contributed by atoms with van der Waals surface area (Å²) in [6, 6.07) is 3.99. The molecule has 1 aliphatic rings. The van der Waals surface area contributed by atoms with Crippen LogP contribution >= 0.6 is 0 Å². The van der Waals surface area contributed by atoms with E-state index in [4.69, 9.17) is 4.52 Å². The van der Waals surface area contributed by atoms with Gasteiger partial charge >= 0.3 is 6.18 Å². The van der Waals surface area contributed by atoms with Gasteiger partial charge in [0.2, 0.25) is 5.91 Å². The Balaban J connectivity index is 1.92. The Kier molecular flexibility index (Phi) is 5.95. The number of hydrogen-bond acceptors (Lipinski definition) is 4. The number of benzene rings is 1. The largest absolute Gasteiger partial charge is 0.416 e. The molecule has 0 radical (unpaired) electrons. The van der Waals surface area contributed by atoms with Gasteiger partial charge in [-0.15, -0.1) is 0 Å². The fraction of sp³-hybridized carbons (Fsp3) is 0.450. The zero-order chi connectivity index (χ0) is 21.2. The second-order valence-corrected chi connectivity index (χ2v) is 7.01. The van der Waals surface area contributed by atoms with Gasteiger partial charge in [-0.3, -0.25) is 9.59 Å². The molecule has 1 aliphatic heterocycles. The Labute approximate surface area is 166 Å². The maximum absolute atomic E-state index is 13.2. The maximum atomic E-state index is 13.2. The lowest BCUT2D eigenvalue weighted by molar-refractivity contribution is -0.137. The summed E-state index contributed by atoms with van der Waals surface area (Å²) in [6.07, 6.45) is -2.95. The van der Waals surface area contributed by atoms with Crippen molar-refractivity contribution in [3.63, 3.8) is 0 Å². The van der Waals surface area contributed by atoms with E-state index in [-0.39, 0.29) is 23.6 Å². The SMILES string of the molecule is CCc1noc(C)c1C(=O)NC(CN1CCCC1=O)c1cccc(C(F)(F)F)c1. The fourth-order valence-corrected chi connectivity index (χ4v) is 3.46. The summed E-state index contributed by atoms with van der Waals surface area (Å²) in [5.41, 5.74) is 0.217. The van der Waals surface area contributed by atoms with Gasteiger partial charge in [-0.05, 0) is 37.5 Å². The van der Waals surface area contributed by atoms with Crippen LogP contribution in [0, 0.1) is 6.92 Å². The minimum Gasteiger partial charge on any atom is -0.361 e. The molecular formula is C20H22F3N3O3. The highest BCUT2D eigenvalue weighted by molar-refractivity contribution is 5.96. The number of nitrogens with one attached hydrogen (secondary N) is 1. The maximum Gasteiger partial charge on any atom is 0.416 e. The van der Waals surface area contributed by atoms with Gasteiger partial charge in [0, 0.05) is 19.5 Å². The van der Waals surface area contributed by atoms with Crippen molar-refractivity contribution in [3.8, 4) is 0 Å². The van der Waals surface area contributed by atoms with Gasteiger partial charge in [0.15, 0.2) is 0 Å². The van der Waals surface area contributed by atoms with Crippen molar-refractivity contribution in [2.75, 3.05) is 13.1 Å². The summed E-state index contributed by atoms with van der Waals surface area (Å²) in [5.74, 6) is -0.235. The summed E-state index contributed by atoms with van der Waals surface area (Å²) >= 11 is 0. The molecule has 156 valence electrons. The topological polar surface area (TPSA) is 75.4 Å². The third-order valence-electron chi connectivity index (χ3n) is 4.99. The molecule has 0 saturated carbocycles. The number of rotatable bonds is 6. The number of aromatic nitrogens is 1.